The molecule has 0 heterocycles. The van der Waals surface area contributed by atoms with Crippen molar-refractivity contribution in [1.82, 2.24) is 0 Å². The number of ether oxygens (including phenoxy) is 2. The third-order valence-corrected chi connectivity index (χ3v) is 3.88. The van der Waals surface area contributed by atoms with Crippen LogP contribution in [0.5, 0.6) is 0 Å². The molecule has 0 rings (SSSR count). The van der Waals surface area contributed by atoms with Crippen LogP contribution >= 0.6 is 23.2 Å². The molecule has 0 radical (unpaired) electrons. The maximum absolute atomic E-state index is 11.5. The lowest BCUT2D eigenvalue weighted by atomic mass is 9.82. The van der Waals surface area contributed by atoms with Crippen LogP contribution in [0.25, 0.3) is 0 Å². The first kappa shape index (κ1) is 20.5. The van der Waals surface area contributed by atoms with Gasteiger partial charge in [-0.15, -0.1) is 23.2 Å². The second kappa shape index (κ2) is 10.3. The van der Waals surface area contributed by atoms with Crippen LogP contribution < -0.4 is 0 Å². The Bertz CT molecular complexity index is 334. The van der Waals surface area contributed by atoms with E-state index >= 15 is 0 Å². The fourth-order valence-corrected chi connectivity index (χ4v) is 2.02. The van der Waals surface area contributed by atoms with Crippen LogP contribution in [0.4, 0.5) is 0 Å². The minimum Gasteiger partial charge on any atom is -0.464 e. The smallest absolute Gasteiger partial charge is 0.323 e. The van der Waals surface area contributed by atoms with E-state index in [1.165, 1.54) is 0 Å². The molecular formula is C15H26Cl2O4. The third-order valence-electron chi connectivity index (χ3n) is 3.51. The molecule has 0 amide bonds. The minimum absolute atomic E-state index is 0.196. The summed E-state index contributed by atoms with van der Waals surface area (Å²) < 4.78 is 10.6. The molecule has 6 heteroatoms. The molecule has 3 atom stereocenters. The van der Waals surface area contributed by atoms with Crippen molar-refractivity contribution in [3.63, 3.8) is 0 Å². The highest BCUT2D eigenvalue weighted by atomic mass is 35.5. The summed E-state index contributed by atoms with van der Waals surface area (Å²) >= 11 is 11.2. The standard InChI is InChI=1S/C15H26Cl2O4/c1-5-12(21-13(18)7-8-16)9-15(4,6-2)10-20-14(19)11(3)17/h11-12H,5-10H2,1-4H3. The van der Waals surface area contributed by atoms with Gasteiger partial charge in [-0.3, -0.25) is 9.59 Å². The second-order valence-corrected chi connectivity index (χ2v) is 6.58. The van der Waals surface area contributed by atoms with Crippen molar-refractivity contribution in [1.29, 1.82) is 0 Å². The van der Waals surface area contributed by atoms with E-state index < -0.39 is 11.3 Å². The number of alkyl halides is 2. The van der Waals surface area contributed by atoms with E-state index in [0.717, 1.165) is 6.42 Å². The first-order chi connectivity index (χ1) is 9.77. The number of carbonyl (C=O) groups is 2. The molecule has 0 aliphatic heterocycles. The summed E-state index contributed by atoms with van der Waals surface area (Å²) in [7, 11) is 0. The zero-order valence-electron chi connectivity index (χ0n) is 13.3. The molecule has 0 bridgehead atoms. The average Bonchev–Trinajstić information content (AvgIpc) is 2.44. The summed E-state index contributed by atoms with van der Waals surface area (Å²) in [6, 6.07) is 0. The maximum Gasteiger partial charge on any atom is 0.323 e. The van der Waals surface area contributed by atoms with Crippen LogP contribution in [-0.2, 0) is 19.1 Å². The molecule has 21 heavy (non-hydrogen) atoms. The summed E-state index contributed by atoms with van der Waals surface area (Å²) in [6.07, 6.45) is 2.17. The van der Waals surface area contributed by atoms with Gasteiger partial charge in [-0.2, -0.15) is 0 Å². The summed E-state index contributed by atoms with van der Waals surface area (Å²) in [5, 5.41) is -0.658. The van der Waals surface area contributed by atoms with Crippen molar-refractivity contribution in [2.45, 2.75) is 64.9 Å². The van der Waals surface area contributed by atoms with Crippen LogP contribution in [0.3, 0.4) is 0 Å². The van der Waals surface area contributed by atoms with Gasteiger partial charge in [-0.25, -0.2) is 0 Å². The molecule has 0 aliphatic rings. The van der Waals surface area contributed by atoms with Crippen LogP contribution in [0.1, 0.15) is 53.4 Å². The first-order valence-corrected chi connectivity index (χ1v) is 8.31. The summed E-state index contributed by atoms with van der Waals surface area (Å²) in [5.41, 5.74) is -0.247. The zero-order chi connectivity index (χ0) is 16.5. The number of carbonyl (C=O) groups excluding carboxylic acids is 2. The Morgan fingerprint density at radius 1 is 1.29 bits per heavy atom. The van der Waals surface area contributed by atoms with Crippen molar-refractivity contribution >= 4 is 35.1 Å². The number of rotatable bonds is 10. The molecule has 0 aromatic carbocycles. The quantitative estimate of drug-likeness (QED) is 0.446. The monoisotopic (exact) mass is 340 g/mol. The van der Waals surface area contributed by atoms with E-state index in [-0.39, 0.29) is 36.4 Å². The highest BCUT2D eigenvalue weighted by Gasteiger charge is 2.30. The Balaban J connectivity index is 4.53. The summed E-state index contributed by atoms with van der Waals surface area (Å²) in [6.45, 7) is 7.84. The van der Waals surface area contributed by atoms with E-state index in [9.17, 15) is 9.59 Å². The van der Waals surface area contributed by atoms with Gasteiger partial charge >= 0.3 is 11.9 Å². The Kier molecular flexibility index (Phi) is 10.0. The lowest BCUT2D eigenvalue weighted by Crippen LogP contribution is -2.32. The largest absolute Gasteiger partial charge is 0.464 e. The molecule has 0 aliphatic carbocycles. The van der Waals surface area contributed by atoms with Crippen LogP contribution in [-0.4, -0.2) is 35.9 Å². The maximum atomic E-state index is 11.5. The van der Waals surface area contributed by atoms with Crippen molar-refractivity contribution in [2.24, 2.45) is 5.41 Å². The number of hydrogen-bond donors (Lipinski definition) is 0. The topological polar surface area (TPSA) is 52.6 Å². The summed E-state index contributed by atoms with van der Waals surface area (Å²) in [5.74, 6) is -0.462. The van der Waals surface area contributed by atoms with Gasteiger partial charge in [0.2, 0.25) is 0 Å². The molecule has 0 fully saturated rings. The van der Waals surface area contributed by atoms with Gasteiger partial charge in [0, 0.05) is 11.3 Å². The predicted octanol–water partition coefficient (Wildman–Crippen LogP) is 3.91. The first-order valence-electron chi connectivity index (χ1n) is 7.34. The Morgan fingerprint density at radius 2 is 1.90 bits per heavy atom. The molecule has 0 N–H and O–H groups in total. The highest BCUT2D eigenvalue weighted by molar-refractivity contribution is 6.29. The van der Waals surface area contributed by atoms with Gasteiger partial charge in [0.05, 0.1) is 13.0 Å². The Hall–Kier alpha value is -0.480. The molecule has 0 spiro atoms. The molecule has 4 nitrogen and oxygen atoms in total. The van der Waals surface area contributed by atoms with Crippen molar-refractivity contribution in [3.05, 3.63) is 0 Å². The molecular weight excluding hydrogens is 315 g/mol. The number of halogens is 2. The number of hydrogen-bond acceptors (Lipinski definition) is 4. The molecule has 124 valence electrons. The fraction of sp³-hybridized carbons (Fsp3) is 0.867. The van der Waals surface area contributed by atoms with E-state index in [4.69, 9.17) is 32.7 Å². The normalized spacial score (nSPS) is 16.7. The van der Waals surface area contributed by atoms with Gasteiger partial charge in [-0.1, -0.05) is 20.8 Å². The van der Waals surface area contributed by atoms with Gasteiger partial charge in [0.1, 0.15) is 11.5 Å². The third kappa shape index (κ3) is 8.52. The SMILES string of the molecule is CCC(CC(C)(CC)COC(=O)C(C)Cl)OC(=O)CCCl. The Morgan fingerprint density at radius 3 is 2.33 bits per heavy atom. The fourth-order valence-electron chi connectivity index (χ4n) is 1.81. The van der Waals surface area contributed by atoms with Gasteiger partial charge in [-0.05, 0) is 26.2 Å². The summed E-state index contributed by atoms with van der Waals surface area (Å²) in [4.78, 5) is 23.0. The minimum atomic E-state index is -0.658. The Labute approximate surface area is 137 Å². The van der Waals surface area contributed by atoms with Gasteiger partial charge < -0.3 is 9.47 Å². The lowest BCUT2D eigenvalue weighted by molar-refractivity contribution is -0.154. The van der Waals surface area contributed by atoms with Gasteiger partial charge in [0.25, 0.3) is 0 Å². The second-order valence-electron chi connectivity index (χ2n) is 5.55. The highest BCUT2D eigenvalue weighted by Crippen LogP contribution is 2.30. The van der Waals surface area contributed by atoms with E-state index in [2.05, 4.69) is 0 Å². The van der Waals surface area contributed by atoms with E-state index in [0.29, 0.717) is 12.8 Å². The van der Waals surface area contributed by atoms with Crippen LogP contribution in [0.15, 0.2) is 0 Å². The van der Waals surface area contributed by atoms with Crippen LogP contribution in [0.2, 0.25) is 0 Å². The molecule has 3 unspecified atom stereocenters. The predicted molar refractivity (Wildman–Crippen MR) is 84.8 cm³/mol. The number of esters is 2. The van der Waals surface area contributed by atoms with Crippen molar-refractivity contribution in [2.75, 3.05) is 12.5 Å². The van der Waals surface area contributed by atoms with Crippen molar-refractivity contribution in [3.8, 4) is 0 Å². The van der Waals surface area contributed by atoms with Crippen LogP contribution in [0, 0.1) is 5.41 Å². The molecule has 0 saturated carbocycles. The molecule has 0 aromatic rings. The van der Waals surface area contributed by atoms with Crippen molar-refractivity contribution < 1.29 is 19.1 Å². The molecule has 0 saturated heterocycles. The lowest BCUT2D eigenvalue weighted by Gasteiger charge is -2.31. The molecule has 0 aromatic heterocycles. The van der Waals surface area contributed by atoms with E-state index in [1.54, 1.807) is 6.92 Å². The zero-order valence-corrected chi connectivity index (χ0v) is 14.8. The van der Waals surface area contributed by atoms with Gasteiger partial charge in [0.15, 0.2) is 0 Å². The average molecular weight is 341 g/mol. The van der Waals surface area contributed by atoms with E-state index in [1.807, 2.05) is 20.8 Å².